The second-order valence-corrected chi connectivity index (χ2v) is 4.42. The predicted molar refractivity (Wildman–Crippen MR) is 70.5 cm³/mol. The zero-order valence-corrected chi connectivity index (χ0v) is 11.0. The van der Waals surface area contributed by atoms with Crippen molar-refractivity contribution in [2.24, 2.45) is 5.73 Å². The Bertz CT molecular complexity index is 348. The maximum absolute atomic E-state index is 13.0. The molecular weight excluding hydrogens is 215 g/mol. The van der Waals surface area contributed by atoms with E-state index in [9.17, 15) is 4.39 Å². The quantitative estimate of drug-likeness (QED) is 0.825. The first-order valence-corrected chi connectivity index (χ1v) is 6.32. The summed E-state index contributed by atoms with van der Waals surface area (Å²) in [5.41, 5.74) is 8.15. The molecule has 0 aromatic heterocycles. The van der Waals surface area contributed by atoms with Crippen LogP contribution in [-0.4, -0.2) is 24.5 Å². The van der Waals surface area contributed by atoms with Crippen molar-refractivity contribution in [2.45, 2.75) is 33.2 Å². The zero-order valence-electron chi connectivity index (χ0n) is 11.0. The van der Waals surface area contributed by atoms with Crippen LogP contribution in [0.25, 0.3) is 0 Å². The van der Waals surface area contributed by atoms with Crippen LogP contribution in [0.15, 0.2) is 18.2 Å². The van der Waals surface area contributed by atoms with Crippen LogP contribution in [0.2, 0.25) is 0 Å². The van der Waals surface area contributed by atoms with E-state index in [0.29, 0.717) is 0 Å². The molecule has 0 bridgehead atoms. The van der Waals surface area contributed by atoms with Gasteiger partial charge in [0.1, 0.15) is 5.82 Å². The number of rotatable bonds is 6. The van der Waals surface area contributed by atoms with Crippen LogP contribution >= 0.6 is 0 Å². The summed E-state index contributed by atoms with van der Waals surface area (Å²) in [6, 6.07) is 4.83. The highest BCUT2D eigenvalue weighted by molar-refractivity contribution is 5.29. The Kier molecular flexibility index (Phi) is 5.59. The van der Waals surface area contributed by atoms with Crippen molar-refractivity contribution < 1.29 is 4.39 Å². The Morgan fingerprint density at radius 3 is 2.47 bits per heavy atom. The fraction of sp³-hybridized carbons (Fsp3) is 0.571. The second kappa shape index (κ2) is 6.72. The van der Waals surface area contributed by atoms with E-state index in [2.05, 4.69) is 18.7 Å². The van der Waals surface area contributed by atoms with Gasteiger partial charge in [-0.1, -0.05) is 19.9 Å². The van der Waals surface area contributed by atoms with Gasteiger partial charge >= 0.3 is 0 Å². The number of aryl methyl sites for hydroxylation is 1. The molecule has 1 aromatic carbocycles. The zero-order chi connectivity index (χ0) is 12.8. The lowest BCUT2D eigenvalue weighted by Crippen LogP contribution is -2.27. The molecular formula is C14H23FN2. The van der Waals surface area contributed by atoms with Crippen LogP contribution in [0.1, 0.15) is 37.4 Å². The van der Waals surface area contributed by atoms with Gasteiger partial charge in [0.05, 0.1) is 0 Å². The van der Waals surface area contributed by atoms with Crippen LogP contribution in [0, 0.1) is 12.7 Å². The largest absolute Gasteiger partial charge is 0.324 e. The maximum Gasteiger partial charge on any atom is 0.123 e. The van der Waals surface area contributed by atoms with Crippen molar-refractivity contribution in [2.75, 3.05) is 19.6 Å². The van der Waals surface area contributed by atoms with E-state index in [1.54, 1.807) is 12.1 Å². The number of hydrogen-bond acceptors (Lipinski definition) is 2. The number of hydrogen-bond donors (Lipinski definition) is 1. The summed E-state index contributed by atoms with van der Waals surface area (Å²) in [5.74, 6) is -0.192. The highest BCUT2D eigenvalue weighted by Gasteiger charge is 2.10. The molecule has 0 amide bonds. The second-order valence-electron chi connectivity index (χ2n) is 4.42. The fourth-order valence-electron chi connectivity index (χ4n) is 2.07. The summed E-state index contributed by atoms with van der Waals surface area (Å²) in [5, 5.41) is 0. The van der Waals surface area contributed by atoms with Crippen molar-refractivity contribution >= 4 is 0 Å². The first-order chi connectivity index (χ1) is 8.08. The Labute approximate surface area is 104 Å². The topological polar surface area (TPSA) is 29.3 Å². The minimum Gasteiger partial charge on any atom is -0.324 e. The molecule has 0 spiro atoms. The van der Waals surface area contributed by atoms with Crippen LogP contribution in [-0.2, 0) is 0 Å². The van der Waals surface area contributed by atoms with E-state index >= 15 is 0 Å². The van der Waals surface area contributed by atoms with Crippen molar-refractivity contribution in [3.05, 3.63) is 35.1 Å². The molecule has 1 aromatic rings. The molecule has 1 unspecified atom stereocenters. The van der Waals surface area contributed by atoms with Crippen molar-refractivity contribution in [1.29, 1.82) is 0 Å². The number of nitrogens with zero attached hydrogens (tertiary/aromatic N) is 1. The van der Waals surface area contributed by atoms with Crippen LogP contribution < -0.4 is 5.73 Å². The highest BCUT2D eigenvalue weighted by atomic mass is 19.1. The monoisotopic (exact) mass is 238 g/mol. The number of benzene rings is 1. The van der Waals surface area contributed by atoms with Crippen LogP contribution in [0.5, 0.6) is 0 Å². The molecule has 2 N–H and O–H groups in total. The van der Waals surface area contributed by atoms with Crippen molar-refractivity contribution in [3.63, 3.8) is 0 Å². The predicted octanol–water partition coefficient (Wildman–Crippen LogP) is 2.87. The molecule has 2 nitrogen and oxygen atoms in total. The minimum atomic E-state index is -0.192. The third kappa shape index (κ3) is 4.10. The Hall–Kier alpha value is -0.930. The Morgan fingerprint density at radius 2 is 1.94 bits per heavy atom. The average molecular weight is 238 g/mol. The summed E-state index contributed by atoms with van der Waals surface area (Å²) in [7, 11) is 0. The van der Waals surface area contributed by atoms with Gasteiger partial charge in [-0.05, 0) is 56.2 Å². The molecule has 1 rings (SSSR count). The molecule has 3 heteroatoms. The van der Waals surface area contributed by atoms with Gasteiger partial charge in [-0.3, -0.25) is 0 Å². The third-order valence-corrected chi connectivity index (χ3v) is 3.28. The smallest absolute Gasteiger partial charge is 0.123 e. The average Bonchev–Trinajstić information content (AvgIpc) is 2.30. The molecule has 0 saturated heterocycles. The molecule has 0 aliphatic rings. The van der Waals surface area contributed by atoms with Crippen molar-refractivity contribution in [3.8, 4) is 0 Å². The first-order valence-electron chi connectivity index (χ1n) is 6.32. The molecule has 96 valence electrons. The maximum atomic E-state index is 13.0. The highest BCUT2D eigenvalue weighted by Crippen LogP contribution is 2.19. The summed E-state index contributed by atoms with van der Waals surface area (Å²) >= 11 is 0. The van der Waals surface area contributed by atoms with Gasteiger partial charge in [0.2, 0.25) is 0 Å². The Balaban J connectivity index is 2.60. The van der Waals surface area contributed by atoms with Gasteiger partial charge in [0.25, 0.3) is 0 Å². The summed E-state index contributed by atoms with van der Waals surface area (Å²) in [6.07, 6.45) is 0.911. The van der Waals surface area contributed by atoms with Gasteiger partial charge < -0.3 is 10.6 Å². The van der Waals surface area contributed by atoms with Crippen molar-refractivity contribution in [1.82, 2.24) is 4.90 Å². The van der Waals surface area contributed by atoms with E-state index in [1.807, 2.05) is 6.92 Å². The Morgan fingerprint density at radius 1 is 1.29 bits per heavy atom. The van der Waals surface area contributed by atoms with Crippen LogP contribution in [0.4, 0.5) is 4.39 Å². The molecule has 0 saturated carbocycles. The summed E-state index contributed by atoms with van der Waals surface area (Å²) in [4.78, 5) is 2.35. The number of nitrogens with two attached hydrogens (primary N) is 1. The molecule has 0 radical (unpaired) electrons. The normalized spacial score (nSPS) is 13.1. The van der Waals surface area contributed by atoms with Gasteiger partial charge in [-0.2, -0.15) is 0 Å². The lowest BCUT2D eigenvalue weighted by Gasteiger charge is -2.21. The molecule has 0 aliphatic heterocycles. The fourth-order valence-corrected chi connectivity index (χ4v) is 2.07. The molecule has 17 heavy (non-hydrogen) atoms. The van der Waals surface area contributed by atoms with E-state index < -0.39 is 0 Å². The van der Waals surface area contributed by atoms with E-state index in [-0.39, 0.29) is 11.9 Å². The summed E-state index contributed by atoms with van der Waals surface area (Å²) in [6.45, 7) is 9.30. The summed E-state index contributed by atoms with van der Waals surface area (Å²) < 4.78 is 13.0. The molecule has 1 atom stereocenters. The van der Waals surface area contributed by atoms with E-state index in [4.69, 9.17) is 5.73 Å². The van der Waals surface area contributed by atoms with Gasteiger partial charge in [0, 0.05) is 6.04 Å². The molecule has 0 heterocycles. The standard InChI is InChI=1S/C14H23FN2/c1-4-17(5-2)9-8-14(16)13-7-6-12(15)10-11(13)3/h6-7,10,14H,4-5,8-9,16H2,1-3H3. The lowest BCUT2D eigenvalue weighted by atomic mass is 9.99. The number of halogens is 1. The molecule has 0 aliphatic carbocycles. The lowest BCUT2D eigenvalue weighted by molar-refractivity contribution is 0.290. The van der Waals surface area contributed by atoms with E-state index in [0.717, 1.165) is 37.2 Å². The van der Waals surface area contributed by atoms with Gasteiger partial charge in [-0.25, -0.2) is 4.39 Å². The van der Waals surface area contributed by atoms with Crippen LogP contribution in [0.3, 0.4) is 0 Å². The van der Waals surface area contributed by atoms with E-state index in [1.165, 1.54) is 6.07 Å². The minimum absolute atomic E-state index is 0.00352. The first kappa shape index (κ1) is 14.1. The molecule has 0 fully saturated rings. The third-order valence-electron chi connectivity index (χ3n) is 3.28. The van der Waals surface area contributed by atoms with Gasteiger partial charge in [-0.15, -0.1) is 0 Å². The SMILES string of the molecule is CCN(CC)CCC(N)c1ccc(F)cc1C. The van der Waals surface area contributed by atoms with Gasteiger partial charge in [0.15, 0.2) is 0 Å².